The number of hydrogen-bond donors (Lipinski definition) is 0. The average molecular weight is 136 g/mol. The van der Waals surface area contributed by atoms with Gasteiger partial charge in [0.1, 0.15) is 6.29 Å². The third-order valence-electron chi connectivity index (χ3n) is 1.53. The topological polar surface area (TPSA) is 17.1 Å². The molecule has 1 atom stereocenters. The van der Waals surface area contributed by atoms with Gasteiger partial charge >= 0.3 is 0 Å². The molecule has 54 valence electrons. The Morgan fingerprint density at radius 3 is 2.11 bits per heavy atom. The van der Waals surface area contributed by atoms with Crippen LogP contribution < -0.4 is 0 Å². The SMILES string of the molecule is CCC(C)(C=O)C(F)F. The van der Waals surface area contributed by atoms with Gasteiger partial charge in [0, 0.05) is 0 Å². The normalized spacial score (nSPS) is 17.4. The minimum Gasteiger partial charge on any atom is -0.303 e. The lowest BCUT2D eigenvalue weighted by Gasteiger charge is -2.18. The molecule has 0 aliphatic carbocycles. The molecule has 0 spiro atoms. The van der Waals surface area contributed by atoms with Crippen LogP contribution in [0.3, 0.4) is 0 Å². The van der Waals surface area contributed by atoms with Gasteiger partial charge in [-0.2, -0.15) is 0 Å². The smallest absolute Gasteiger partial charge is 0.250 e. The number of alkyl halides is 2. The number of carbonyl (C=O) groups excluding carboxylic acids is 1. The van der Waals surface area contributed by atoms with Crippen LogP contribution in [0.5, 0.6) is 0 Å². The lowest BCUT2D eigenvalue weighted by molar-refractivity contribution is -0.123. The zero-order valence-electron chi connectivity index (χ0n) is 5.53. The summed E-state index contributed by atoms with van der Waals surface area (Å²) >= 11 is 0. The van der Waals surface area contributed by atoms with Gasteiger partial charge in [0.15, 0.2) is 0 Å². The van der Waals surface area contributed by atoms with Crippen molar-refractivity contribution in [3.8, 4) is 0 Å². The summed E-state index contributed by atoms with van der Waals surface area (Å²) in [4.78, 5) is 10.0. The van der Waals surface area contributed by atoms with Crippen LogP contribution in [0.2, 0.25) is 0 Å². The second kappa shape index (κ2) is 2.90. The highest BCUT2D eigenvalue weighted by Crippen LogP contribution is 2.26. The second-order valence-corrected chi connectivity index (χ2v) is 2.28. The first-order valence-electron chi connectivity index (χ1n) is 2.81. The maximum atomic E-state index is 11.9. The van der Waals surface area contributed by atoms with E-state index in [1.54, 1.807) is 6.92 Å². The molecule has 0 fully saturated rings. The molecule has 0 N–H and O–H groups in total. The van der Waals surface area contributed by atoms with E-state index in [2.05, 4.69) is 0 Å². The largest absolute Gasteiger partial charge is 0.303 e. The van der Waals surface area contributed by atoms with Gasteiger partial charge in [0.2, 0.25) is 6.43 Å². The Morgan fingerprint density at radius 2 is 2.11 bits per heavy atom. The number of carbonyl (C=O) groups is 1. The molecule has 1 nitrogen and oxygen atoms in total. The highest BCUT2D eigenvalue weighted by Gasteiger charge is 2.32. The van der Waals surface area contributed by atoms with Crippen molar-refractivity contribution >= 4 is 6.29 Å². The van der Waals surface area contributed by atoms with E-state index in [0.717, 1.165) is 0 Å². The molecule has 0 saturated carbocycles. The van der Waals surface area contributed by atoms with Gasteiger partial charge < -0.3 is 4.79 Å². The molecule has 0 aliphatic heterocycles. The van der Waals surface area contributed by atoms with Gasteiger partial charge in [0.05, 0.1) is 5.41 Å². The lowest BCUT2D eigenvalue weighted by atomic mass is 9.90. The molecular weight excluding hydrogens is 126 g/mol. The van der Waals surface area contributed by atoms with Crippen molar-refractivity contribution in [3.63, 3.8) is 0 Å². The standard InChI is InChI=1S/C6H10F2O/c1-3-6(2,4-9)5(7)8/h4-5H,3H2,1-2H3. The Labute approximate surface area is 53.1 Å². The van der Waals surface area contributed by atoms with Gasteiger partial charge in [-0.05, 0) is 13.3 Å². The van der Waals surface area contributed by atoms with Crippen LogP contribution in [0.1, 0.15) is 20.3 Å². The Balaban J connectivity index is 4.08. The van der Waals surface area contributed by atoms with Crippen LogP contribution in [0.4, 0.5) is 8.78 Å². The third kappa shape index (κ3) is 1.73. The molecule has 0 aliphatic rings. The van der Waals surface area contributed by atoms with Crippen LogP contribution in [0, 0.1) is 5.41 Å². The van der Waals surface area contributed by atoms with Crippen molar-refractivity contribution in [1.29, 1.82) is 0 Å². The van der Waals surface area contributed by atoms with E-state index in [0.29, 0.717) is 6.29 Å². The van der Waals surface area contributed by atoms with Gasteiger partial charge in [-0.1, -0.05) is 6.92 Å². The van der Waals surface area contributed by atoms with E-state index in [1.165, 1.54) is 6.92 Å². The summed E-state index contributed by atoms with van der Waals surface area (Å²) in [6.07, 6.45) is -2.04. The Bertz CT molecular complexity index is 103. The molecule has 1 unspecified atom stereocenters. The number of hydrogen-bond acceptors (Lipinski definition) is 1. The van der Waals surface area contributed by atoms with Gasteiger partial charge in [-0.25, -0.2) is 8.78 Å². The van der Waals surface area contributed by atoms with Crippen molar-refractivity contribution in [1.82, 2.24) is 0 Å². The quantitative estimate of drug-likeness (QED) is 0.541. The van der Waals surface area contributed by atoms with Crippen LogP contribution in [-0.2, 0) is 4.79 Å². The summed E-state index contributed by atoms with van der Waals surface area (Å²) in [6, 6.07) is 0. The van der Waals surface area contributed by atoms with Crippen LogP contribution in [0.25, 0.3) is 0 Å². The second-order valence-electron chi connectivity index (χ2n) is 2.28. The Kier molecular flexibility index (Phi) is 2.74. The van der Waals surface area contributed by atoms with Crippen LogP contribution in [-0.4, -0.2) is 12.7 Å². The molecule has 0 bridgehead atoms. The van der Waals surface area contributed by atoms with Crippen LogP contribution in [0.15, 0.2) is 0 Å². The fraction of sp³-hybridized carbons (Fsp3) is 0.833. The number of halogens is 2. The fourth-order valence-corrected chi connectivity index (χ4v) is 0.289. The molecule has 0 aromatic carbocycles. The molecule has 9 heavy (non-hydrogen) atoms. The predicted octanol–water partition coefficient (Wildman–Crippen LogP) is 1.87. The molecule has 0 rings (SSSR count). The summed E-state index contributed by atoms with van der Waals surface area (Å²) in [5.74, 6) is 0. The van der Waals surface area contributed by atoms with Gasteiger partial charge in [0.25, 0.3) is 0 Å². The summed E-state index contributed by atoms with van der Waals surface area (Å²) in [5, 5.41) is 0. The Hall–Kier alpha value is -0.470. The van der Waals surface area contributed by atoms with E-state index >= 15 is 0 Å². The van der Waals surface area contributed by atoms with Crippen molar-refractivity contribution in [2.75, 3.05) is 0 Å². The van der Waals surface area contributed by atoms with E-state index in [9.17, 15) is 13.6 Å². The maximum absolute atomic E-state index is 11.9. The fourth-order valence-electron chi connectivity index (χ4n) is 0.289. The van der Waals surface area contributed by atoms with E-state index in [4.69, 9.17) is 0 Å². The first-order chi connectivity index (χ1) is 4.06. The highest BCUT2D eigenvalue weighted by atomic mass is 19.3. The van der Waals surface area contributed by atoms with E-state index in [-0.39, 0.29) is 6.42 Å². The molecule has 0 saturated heterocycles. The zero-order valence-corrected chi connectivity index (χ0v) is 5.53. The van der Waals surface area contributed by atoms with E-state index < -0.39 is 11.8 Å². The summed E-state index contributed by atoms with van der Waals surface area (Å²) in [6.45, 7) is 2.82. The number of rotatable bonds is 3. The zero-order chi connectivity index (χ0) is 7.49. The molecule has 0 amide bonds. The minimum absolute atomic E-state index is 0.189. The summed E-state index contributed by atoms with van der Waals surface area (Å²) in [5.41, 5.74) is -1.43. The molecule has 0 heterocycles. The molecule has 0 radical (unpaired) electrons. The number of aldehydes is 1. The molecule has 0 aromatic rings. The molecule has 0 aromatic heterocycles. The predicted molar refractivity (Wildman–Crippen MR) is 30.5 cm³/mol. The van der Waals surface area contributed by atoms with Crippen LogP contribution >= 0.6 is 0 Å². The average Bonchev–Trinajstić information content (AvgIpc) is 1.86. The first kappa shape index (κ1) is 8.53. The van der Waals surface area contributed by atoms with Gasteiger partial charge in [-0.3, -0.25) is 0 Å². The lowest BCUT2D eigenvalue weighted by Crippen LogP contribution is -2.26. The van der Waals surface area contributed by atoms with Gasteiger partial charge in [-0.15, -0.1) is 0 Å². The monoisotopic (exact) mass is 136 g/mol. The third-order valence-corrected chi connectivity index (χ3v) is 1.53. The summed E-state index contributed by atoms with van der Waals surface area (Å²) < 4.78 is 23.7. The van der Waals surface area contributed by atoms with Crippen molar-refractivity contribution in [2.24, 2.45) is 5.41 Å². The maximum Gasteiger partial charge on any atom is 0.250 e. The Morgan fingerprint density at radius 1 is 1.67 bits per heavy atom. The highest BCUT2D eigenvalue weighted by molar-refractivity contribution is 5.59. The molecule has 3 heteroatoms. The minimum atomic E-state index is -2.54. The summed E-state index contributed by atoms with van der Waals surface area (Å²) in [7, 11) is 0. The van der Waals surface area contributed by atoms with Crippen molar-refractivity contribution < 1.29 is 13.6 Å². The first-order valence-corrected chi connectivity index (χ1v) is 2.81. The van der Waals surface area contributed by atoms with Crippen molar-refractivity contribution in [3.05, 3.63) is 0 Å². The molecular formula is C6H10F2O. The van der Waals surface area contributed by atoms with E-state index in [1.807, 2.05) is 0 Å². The van der Waals surface area contributed by atoms with Crippen molar-refractivity contribution in [2.45, 2.75) is 26.7 Å².